The molecule has 0 unspecified atom stereocenters. The van der Waals surface area contributed by atoms with E-state index < -0.39 is 0 Å². The topological polar surface area (TPSA) is 0 Å². The van der Waals surface area contributed by atoms with E-state index in [1.54, 1.807) is 6.92 Å². The first-order chi connectivity index (χ1) is 2.91. The van der Waals surface area contributed by atoms with Crippen molar-refractivity contribution in [3.05, 3.63) is 6.92 Å². The maximum absolute atomic E-state index is 3.25. The van der Waals surface area contributed by atoms with Gasteiger partial charge < -0.3 is 6.92 Å². The monoisotopic (exact) mass is 87.1 g/mol. The minimum atomic E-state index is 1.32. The molecule has 0 rings (SSSR count). The molecular formula is C6H15-. The van der Waals surface area contributed by atoms with Crippen LogP contribution < -0.4 is 0 Å². The van der Waals surface area contributed by atoms with Crippen molar-refractivity contribution < 1.29 is 0 Å². The normalized spacial score (nSPS) is 6.00. The molecule has 0 N–H and O–H groups in total. The average molecular weight is 87.2 g/mol. The Bertz CT molecular complexity index is 2.00. The second-order valence-electron chi connectivity index (χ2n) is 1.000. The summed E-state index contributed by atoms with van der Waals surface area (Å²) >= 11 is 0. The summed E-state index contributed by atoms with van der Waals surface area (Å²) in [5.74, 6) is 0. The fraction of sp³-hybridized carbons (Fsp3) is 0.833. The largest absolute Gasteiger partial charge is 0.346 e. The molecule has 0 saturated heterocycles. The van der Waals surface area contributed by atoms with Crippen LogP contribution in [0.3, 0.4) is 0 Å². The highest BCUT2D eigenvalue weighted by molar-refractivity contribution is 4.12. The molecule has 0 saturated carbocycles. The second kappa shape index (κ2) is 20.0. The van der Waals surface area contributed by atoms with E-state index in [9.17, 15) is 0 Å². The Morgan fingerprint density at radius 2 is 1.17 bits per heavy atom. The van der Waals surface area contributed by atoms with Gasteiger partial charge in [-0.15, -0.1) is 0 Å². The number of hydrogen-bond acceptors (Lipinski definition) is 0. The van der Waals surface area contributed by atoms with Gasteiger partial charge in [0.1, 0.15) is 0 Å². The Labute approximate surface area is 41.6 Å². The van der Waals surface area contributed by atoms with Crippen molar-refractivity contribution in [2.24, 2.45) is 0 Å². The van der Waals surface area contributed by atoms with Crippen LogP contribution in [0, 0.1) is 6.92 Å². The first-order valence-electron chi connectivity index (χ1n) is 2.62. The fourth-order valence-corrected chi connectivity index (χ4v) is 0. The van der Waals surface area contributed by atoms with Gasteiger partial charge >= 0.3 is 0 Å². The van der Waals surface area contributed by atoms with E-state index in [1.807, 2.05) is 0 Å². The predicted molar refractivity (Wildman–Crippen MR) is 31.6 cm³/mol. The fourth-order valence-electron chi connectivity index (χ4n) is 0. The van der Waals surface area contributed by atoms with Crippen molar-refractivity contribution in [3.63, 3.8) is 0 Å². The molecule has 0 aliphatic rings. The molecule has 0 radical (unpaired) electrons. The summed E-state index contributed by atoms with van der Waals surface area (Å²) < 4.78 is 0. The van der Waals surface area contributed by atoms with E-state index in [1.165, 1.54) is 12.8 Å². The van der Waals surface area contributed by atoms with Gasteiger partial charge in [0.15, 0.2) is 0 Å². The summed E-state index contributed by atoms with van der Waals surface area (Å²) in [6.45, 7) is 9.36. The van der Waals surface area contributed by atoms with Crippen LogP contribution in [0.15, 0.2) is 0 Å². The highest BCUT2D eigenvalue weighted by Gasteiger charge is 1.56. The van der Waals surface area contributed by atoms with Gasteiger partial charge in [-0.25, -0.2) is 0 Å². The van der Waals surface area contributed by atoms with Gasteiger partial charge in [-0.2, -0.15) is 6.92 Å². The van der Waals surface area contributed by atoms with Gasteiger partial charge in [-0.1, -0.05) is 26.7 Å². The third-order valence-electron chi connectivity index (χ3n) is 0.500. The Morgan fingerprint density at radius 3 is 1.17 bits per heavy atom. The van der Waals surface area contributed by atoms with E-state index in [2.05, 4.69) is 20.8 Å². The third kappa shape index (κ3) is 36.0. The first-order valence-corrected chi connectivity index (χ1v) is 2.62. The SMILES string of the molecule is CCCC.[CH2-]C. The highest BCUT2D eigenvalue weighted by Crippen LogP contribution is 1.76. The van der Waals surface area contributed by atoms with E-state index in [4.69, 9.17) is 0 Å². The van der Waals surface area contributed by atoms with Crippen molar-refractivity contribution in [1.82, 2.24) is 0 Å². The Kier molecular flexibility index (Phi) is 31.2. The summed E-state index contributed by atoms with van der Waals surface area (Å²) in [5, 5.41) is 0. The molecule has 0 aliphatic heterocycles. The zero-order valence-electron chi connectivity index (χ0n) is 5.12. The van der Waals surface area contributed by atoms with Crippen molar-refractivity contribution >= 4 is 0 Å². The van der Waals surface area contributed by atoms with Crippen LogP contribution in [-0.4, -0.2) is 0 Å². The van der Waals surface area contributed by atoms with Crippen LogP contribution in [0.5, 0.6) is 0 Å². The number of hydrogen-bond donors (Lipinski definition) is 0. The molecule has 0 heteroatoms. The highest BCUT2D eigenvalue weighted by atomic mass is 13.6. The lowest BCUT2D eigenvalue weighted by Crippen LogP contribution is -1.47. The Hall–Kier alpha value is 0. The summed E-state index contributed by atoms with van der Waals surface area (Å²) in [7, 11) is 0. The minimum absolute atomic E-state index is 1.32. The maximum atomic E-state index is 3.25. The third-order valence-corrected chi connectivity index (χ3v) is 0.500. The summed E-state index contributed by atoms with van der Waals surface area (Å²) in [6.07, 6.45) is 2.64. The van der Waals surface area contributed by atoms with Crippen LogP contribution in [0.25, 0.3) is 0 Å². The molecule has 0 bridgehead atoms. The summed E-state index contributed by atoms with van der Waals surface area (Å²) in [4.78, 5) is 0. The lowest BCUT2D eigenvalue weighted by Gasteiger charge is -1.68. The predicted octanol–water partition coefficient (Wildman–Crippen LogP) is 2.65. The van der Waals surface area contributed by atoms with Crippen molar-refractivity contribution in [2.45, 2.75) is 33.6 Å². The van der Waals surface area contributed by atoms with Crippen molar-refractivity contribution in [2.75, 3.05) is 0 Å². The Balaban J connectivity index is 0. The molecule has 0 aliphatic carbocycles. The zero-order chi connectivity index (χ0) is 5.41. The van der Waals surface area contributed by atoms with Gasteiger partial charge in [-0.3, -0.25) is 0 Å². The maximum Gasteiger partial charge on any atom is -0.0564 e. The summed E-state index contributed by atoms with van der Waals surface area (Å²) in [6, 6.07) is 0. The van der Waals surface area contributed by atoms with E-state index >= 15 is 0 Å². The van der Waals surface area contributed by atoms with Gasteiger partial charge in [0.25, 0.3) is 0 Å². The Morgan fingerprint density at radius 1 is 1.00 bits per heavy atom. The number of unbranched alkanes of at least 4 members (excludes halogenated alkanes) is 1. The van der Waals surface area contributed by atoms with Crippen LogP contribution in [-0.2, 0) is 0 Å². The zero-order valence-corrected chi connectivity index (χ0v) is 5.12. The second-order valence-corrected chi connectivity index (χ2v) is 1.000. The minimum Gasteiger partial charge on any atom is -0.346 e. The van der Waals surface area contributed by atoms with Gasteiger partial charge in [0.05, 0.1) is 0 Å². The molecule has 40 valence electrons. The molecular weight excluding hydrogens is 72.1 g/mol. The van der Waals surface area contributed by atoms with Crippen LogP contribution in [0.2, 0.25) is 0 Å². The van der Waals surface area contributed by atoms with Crippen molar-refractivity contribution in [1.29, 1.82) is 0 Å². The summed E-state index contributed by atoms with van der Waals surface area (Å²) in [5.41, 5.74) is 0. The number of rotatable bonds is 1. The van der Waals surface area contributed by atoms with Crippen LogP contribution in [0.4, 0.5) is 0 Å². The average Bonchev–Trinajstić information content (AvgIpc) is 1.72. The van der Waals surface area contributed by atoms with Crippen molar-refractivity contribution in [3.8, 4) is 0 Å². The molecule has 0 aromatic carbocycles. The van der Waals surface area contributed by atoms with Gasteiger partial charge in [0.2, 0.25) is 0 Å². The molecule has 0 heterocycles. The molecule has 0 atom stereocenters. The van der Waals surface area contributed by atoms with E-state index in [0.29, 0.717) is 0 Å². The lowest BCUT2D eigenvalue weighted by atomic mass is 10.4. The smallest absolute Gasteiger partial charge is 0.0564 e. The first kappa shape index (κ1) is 9.38. The standard InChI is InChI=1S/C4H10.C2H5/c1-3-4-2;1-2/h3-4H2,1-2H3;1H2,2H3/q;-1. The molecule has 0 fully saturated rings. The molecule has 0 aromatic heterocycles. The quantitative estimate of drug-likeness (QED) is 0.431. The molecule has 0 aromatic rings. The van der Waals surface area contributed by atoms with Gasteiger partial charge in [0, 0.05) is 0 Å². The molecule has 6 heavy (non-hydrogen) atoms. The molecule has 0 amide bonds. The van der Waals surface area contributed by atoms with E-state index in [-0.39, 0.29) is 0 Å². The van der Waals surface area contributed by atoms with Crippen LogP contribution in [0.1, 0.15) is 33.6 Å². The van der Waals surface area contributed by atoms with Gasteiger partial charge in [-0.05, 0) is 0 Å². The lowest BCUT2D eigenvalue weighted by molar-refractivity contribution is 0.886. The molecule has 0 nitrogen and oxygen atoms in total. The van der Waals surface area contributed by atoms with Crippen LogP contribution >= 0.6 is 0 Å². The molecule has 0 spiro atoms. The van der Waals surface area contributed by atoms with E-state index in [0.717, 1.165) is 0 Å².